The van der Waals surface area contributed by atoms with Crippen molar-refractivity contribution in [1.29, 1.82) is 0 Å². The normalized spacial score (nSPS) is 25.2. The third kappa shape index (κ3) is 7.14. The van der Waals surface area contributed by atoms with Gasteiger partial charge in [-0.05, 0) is 77.1 Å². The van der Waals surface area contributed by atoms with Gasteiger partial charge >= 0.3 is 0 Å². The van der Waals surface area contributed by atoms with Crippen LogP contribution in [0.15, 0.2) is 53.3 Å². The van der Waals surface area contributed by atoms with Gasteiger partial charge in [0.25, 0.3) is 5.56 Å². The third-order valence-corrected chi connectivity index (χ3v) is 10.3. The zero-order valence-corrected chi connectivity index (χ0v) is 28.2. The molecule has 0 amide bonds. The predicted octanol–water partition coefficient (Wildman–Crippen LogP) is 5.24. The van der Waals surface area contributed by atoms with Crippen LogP contribution in [0.25, 0.3) is 10.9 Å². The van der Waals surface area contributed by atoms with Crippen molar-refractivity contribution in [1.82, 2.24) is 24.7 Å². The van der Waals surface area contributed by atoms with Crippen molar-refractivity contribution >= 4 is 16.6 Å². The maximum Gasteiger partial charge on any atom is 0.261 e. The molecule has 8 nitrogen and oxygen atoms in total. The number of piperidine rings is 1. The Balaban J connectivity index is 1.21. The van der Waals surface area contributed by atoms with Crippen molar-refractivity contribution in [3.8, 4) is 0 Å². The van der Waals surface area contributed by atoms with Crippen LogP contribution >= 0.6 is 0 Å². The second kappa shape index (κ2) is 13.9. The van der Waals surface area contributed by atoms with E-state index in [1.54, 1.807) is 0 Å². The van der Waals surface area contributed by atoms with Gasteiger partial charge in [0.1, 0.15) is 5.82 Å². The highest BCUT2D eigenvalue weighted by molar-refractivity contribution is 5.82. The fraction of sp³-hybridized carbons (Fsp3) is 0.622. The number of anilines is 1. The molecule has 6 rings (SSSR count). The standard InChI is InChI=1S/C37H54N6O2/c1-6-11-34(41-23-27(3)38-28(4)24-41)35-39-33-15-14-31(22-32(33)36(44)43(35)7-2)42-25-29(5)45-37(26-42)17-20-40(21-18-37)19-16-30-12-9-8-10-13-30/h8-10,12-15,22,27-29,34,38H,6-7,11,16-21,23-26H2,1-5H3/t27-,28+,29-,34+/m0/s1. The van der Waals surface area contributed by atoms with E-state index in [0.29, 0.717) is 18.6 Å². The molecule has 3 aromatic rings. The number of nitrogens with one attached hydrogen (secondary N) is 1. The lowest BCUT2D eigenvalue weighted by atomic mass is 9.88. The Kier molecular flexibility index (Phi) is 9.95. The summed E-state index contributed by atoms with van der Waals surface area (Å²) in [5.41, 5.74) is 3.25. The van der Waals surface area contributed by atoms with Gasteiger partial charge in [0.2, 0.25) is 0 Å². The van der Waals surface area contributed by atoms with E-state index < -0.39 is 0 Å². The number of morpholine rings is 1. The molecule has 1 spiro atoms. The van der Waals surface area contributed by atoms with E-state index in [-0.39, 0.29) is 23.3 Å². The van der Waals surface area contributed by atoms with E-state index in [2.05, 4.69) is 103 Å². The Morgan fingerprint density at radius 2 is 1.73 bits per heavy atom. The Hall–Kier alpha value is -2.78. The number of hydrogen-bond donors (Lipinski definition) is 1. The van der Waals surface area contributed by atoms with Gasteiger partial charge in [0, 0.05) is 70.1 Å². The Labute approximate surface area is 269 Å². The molecule has 3 aliphatic heterocycles. The van der Waals surface area contributed by atoms with Gasteiger partial charge in [-0.2, -0.15) is 0 Å². The molecule has 0 bridgehead atoms. The Bertz CT molecular complexity index is 1470. The van der Waals surface area contributed by atoms with Crippen molar-refractivity contribution < 1.29 is 4.74 Å². The second-order valence-corrected chi connectivity index (χ2v) is 14.0. The molecule has 0 saturated carbocycles. The first-order valence-electron chi connectivity index (χ1n) is 17.5. The number of piperazine rings is 1. The molecule has 0 radical (unpaired) electrons. The van der Waals surface area contributed by atoms with Gasteiger partial charge in [-0.3, -0.25) is 14.3 Å². The topological polar surface area (TPSA) is 65.9 Å². The van der Waals surface area contributed by atoms with Gasteiger partial charge in [0.15, 0.2) is 0 Å². The van der Waals surface area contributed by atoms with Crippen molar-refractivity contribution in [3.05, 3.63) is 70.3 Å². The van der Waals surface area contributed by atoms with Crippen molar-refractivity contribution in [2.75, 3.05) is 50.7 Å². The maximum atomic E-state index is 14.1. The molecule has 3 aliphatic rings. The smallest absolute Gasteiger partial charge is 0.261 e. The molecule has 8 heteroatoms. The molecule has 4 atom stereocenters. The molecule has 3 saturated heterocycles. The molecule has 4 heterocycles. The largest absolute Gasteiger partial charge is 0.368 e. The number of rotatable bonds is 9. The molecule has 0 aliphatic carbocycles. The summed E-state index contributed by atoms with van der Waals surface area (Å²) >= 11 is 0. The van der Waals surface area contributed by atoms with E-state index in [1.807, 2.05) is 4.57 Å². The van der Waals surface area contributed by atoms with E-state index in [1.165, 1.54) is 5.56 Å². The lowest BCUT2D eigenvalue weighted by Crippen LogP contribution is -2.59. The molecule has 3 fully saturated rings. The first kappa shape index (κ1) is 32.2. The summed E-state index contributed by atoms with van der Waals surface area (Å²) in [6.07, 6.45) is 5.34. The number of benzene rings is 2. The van der Waals surface area contributed by atoms with Crippen LogP contribution in [0.4, 0.5) is 5.69 Å². The SMILES string of the molecule is CCC[C@H](c1nc2ccc(N3C[C@H](C)OC4(CCN(CCc5ccccc5)CC4)C3)cc2c(=O)n1CC)N1C[C@@H](C)N[C@@H](C)C1. The van der Waals surface area contributed by atoms with E-state index >= 15 is 0 Å². The van der Waals surface area contributed by atoms with Gasteiger partial charge in [-0.25, -0.2) is 4.98 Å². The molecule has 2 aromatic carbocycles. The van der Waals surface area contributed by atoms with E-state index in [0.717, 1.165) is 100 Å². The van der Waals surface area contributed by atoms with Crippen LogP contribution in [-0.4, -0.2) is 89.0 Å². The fourth-order valence-corrected chi connectivity index (χ4v) is 8.17. The summed E-state index contributed by atoms with van der Waals surface area (Å²) in [4.78, 5) is 27.0. The van der Waals surface area contributed by atoms with Crippen LogP contribution in [0.2, 0.25) is 0 Å². The average molecular weight is 615 g/mol. The predicted molar refractivity (Wildman–Crippen MR) is 184 cm³/mol. The summed E-state index contributed by atoms with van der Waals surface area (Å²) in [6, 6.07) is 18.1. The van der Waals surface area contributed by atoms with Crippen LogP contribution < -0.4 is 15.8 Å². The first-order chi connectivity index (χ1) is 21.8. The van der Waals surface area contributed by atoms with Crippen LogP contribution in [0.5, 0.6) is 0 Å². The zero-order valence-electron chi connectivity index (χ0n) is 28.2. The lowest BCUT2D eigenvalue weighted by molar-refractivity contribution is -0.126. The number of hydrogen-bond acceptors (Lipinski definition) is 7. The number of fused-ring (bicyclic) bond motifs is 1. The summed E-state index contributed by atoms with van der Waals surface area (Å²) < 4.78 is 8.65. The van der Waals surface area contributed by atoms with Crippen LogP contribution in [0, 0.1) is 0 Å². The molecule has 45 heavy (non-hydrogen) atoms. The molecule has 1 aromatic heterocycles. The van der Waals surface area contributed by atoms with E-state index in [9.17, 15) is 4.79 Å². The number of ether oxygens (including phenoxy) is 1. The minimum Gasteiger partial charge on any atom is -0.368 e. The zero-order chi connectivity index (χ0) is 31.6. The summed E-state index contributed by atoms with van der Waals surface area (Å²) in [6.45, 7) is 18.5. The van der Waals surface area contributed by atoms with Crippen LogP contribution in [-0.2, 0) is 17.7 Å². The van der Waals surface area contributed by atoms with Crippen LogP contribution in [0.3, 0.4) is 0 Å². The summed E-state index contributed by atoms with van der Waals surface area (Å²) in [5.74, 6) is 0.920. The number of likely N-dealkylation sites (tertiary alicyclic amines) is 1. The lowest BCUT2D eigenvalue weighted by Gasteiger charge is -2.50. The van der Waals surface area contributed by atoms with Crippen LogP contribution in [0.1, 0.15) is 77.7 Å². The van der Waals surface area contributed by atoms with Gasteiger partial charge in [-0.15, -0.1) is 0 Å². The quantitative estimate of drug-likeness (QED) is 0.354. The second-order valence-electron chi connectivity index (χ2n) is 14.0. The summed E-state index contributed by atoms with van der Waals surface area (Å²) in [7, 11) is 0. The third-order valence-electron chi connectivity index (χ3n) is 10.3. The Morgan fingerprint density at radius 3 is 2.42 bits per heavy atom. The summed E-state index contributed by atoms with van der Waals surface area (Å²) in [5, 5.41) is 4.38. The maximum absolute atomic E-state index is 14.1. The monoisotopic (exact) mass is 614 g/mol. The van der Waals surface area contributed by atoms with Gasteiger partial charge < -0.3 is 19.9 Å². The molecular weight excluding hydrogens is 560 g/mol. The minimum atomic E-state index is -0.146. The van der Waals surface area contributed by atoms with Crippen molar-refractivity contribution in [2.45, 2.75) is 103 Å². The molecule has 0 unspecified atom stereocenters. The highest BCUT2D eigenvalue weighted by atomic mass is 16.5. The van der Waals surface area contributed by atoms with Gasteiger partial charge in [0.05, 0.1) is 28.6 Å². The van der Waals surface area contributed by atoms with Crippen molar-refractivity contribution in [2.24, 2.45) is 0 Å². The molecule has 1 N–H and O–H groups in total. The fourth-order valence-electron chi connectivity index (χ4n) is 8.17. The van der Waals surface area contributed by atoms with Gasteiger partial charge in [-0.1, -0.05) is 43.7 Å². The molecular formula is C37H54N6O2. The van der Waals surface area contributed by atoms with Crippen molar-refractivity contribution in [3.63, 3.8) is 0 Å². The number of nitrogens with zero attached hydrogens (tertiary/aromatic N) is 5. The minimum absolute atomic E-state index is 0.0828. The molecule has 244 valence electrons. The average Bonchev–Trinajstić information content (AvgIpc) is 3.03. The Morgan fingerprint density at radius 1 is 1.00 bits per heavy atom. The van der Waals surface area contributed by atoms with E-state index in [4.69, 9.17) is 9.72 Å². The highest BCUT2D eigenvalue weighted by Gasteiger charge is 2.42. The highest BCUT2D eigenvalue weighted by Crippen LogP contribution is 2.35. The first-order valence-corrected chi connectivity index (χ1v) is 17.5. The number of aromatic nitrogens is 2.